The zero-order valence-corrected chi connectivity index (χ0v) is 8.70. The predicted molar refractivity (Wildman–Crippen MR) is 58.5 cm³/mol. The lowest BCUT2D eigenvalue weighted by Gasteiger charge is -2.24. The number of aliphatic hydroxyl groups excluding tert-OH is 2. The van der Waals surface area contributed by atoms with Crippen LogP contribution in [0.4, 0.5) is 0 Å². The second-order valence-corrected chi connectivity index (χ2v) is 3.34. The first-order valence-corrected chi connectivity index (χ1v) is 4.25. The number of aliphatic hydroxyl groups is 2. The fourth-order valence-electron chi connectivity index (χ4n) is 1.16. The van der Waals surface area contributed by atoms with Crippen LogP contribution in [0.2, 0.25) is 0 Å². The molecule has 0 aromatic heterocycles. The van der Waals surface area contributed by atoms with Gasteiger partial charge in [-0.15, -0.1) is 12.4 Å². The molecule has 0 aliphatic carbocycles. The maximum Gasteiger partial charge on any atom is 0.0663 e. The van der Waals surface area contributed by atoms with Crippen LogP contribution in [0.25, 0.3) is 0 Å². The summed E-state index contributed by atoms with van der Waals surface area (Å²) in [6.45, 7) is -0.420. The zero-order valence-electron chi connectivity index (χ0n) is 7.89. The second kappa shape index (κ2) is 5.98. The van der Waals surface area contributed by atoms with Gasteiger partial charge >= 0.3 is 0 Å². The van der Waals surface area contributed by atoms with Crippen molar-refractivity contribution in [3.05, 3.63) is 35.9 Å². The Bertz CT molecular complexity index is 250. The molecule has 80 valence electrons. The average Bonchev–Trinajstić information content (AvgIpc) is 2.19. The number of nitrogens with two attached hydrogens (primary N) is 1. The predicted octanol–water partition coefficient (Wildman–Crippen LogP) is 0.333. The molecule has 4 heteroatoms. The molecule has 0 saturated heterocycles. The molecule has 3 nitrogen and oxygen atoms in total. The lowest BCUT2D eigenvalue weighted by atomic mass is 9.94. The van der Waals surface area contributed by atoms with Gasteiger partial charge in [0.2, 0.25) is 0 Å². The van der Waals surface area contributed by atoms with Gasteiger partial charge in [0.1, 0.15) is 0 Å². The van der Waals surface area contributed by atoms with Crippen LogP contribution in [0.5, 0.6) is 0 Å². The van der Waals surface area contributed by atoms with Crippen molar-refractivity contribution in [2.75, 3.05) is 13.2 Å². The van der Waals surface area contributed by atoms with Crippen LogP contribution < -0.4 is 5.73 Å². The smallest absolute Gasteiger partial charge is 0.0663 e. The number of hydrogen-bond donors (Lipinski definition) is 3. The van der Waals surface area contributed by atoms with Crippen LogP contribution in [0.1, 0.15) is 5.56 Å². The van der Waals surface area contributed by atoms with Gasteiger partial charge in [-0.3, -0.25) is 0 Å². The van der Waals surface area contributed by atoms with Crippen LogP contribution >= 0.6 is 12.4 Å². The Morgan fingerprint density at radius 3 is 2.00 bits per heavy atom. The van der Waals surface area contributed by atoms with E-state index in [1.54, 1.807) is 0 Å². The van der Waals surface area contributed by atoms with E-state index in [-0.39, 0.29) is 25.6 Å². The van der Waals surface area contributed by atoms with Gasteiger partial charge in [-0.05, 0) is 12.0 Å². The highest BCUT2D eigenvalue weighted by molar-refractivity contribution is 5.85. The average molecular weight is 218 g/mol. The molecule has 0 atom stereocenters. The molecule has 0 spiro atoms. The van der Waals surface area contributed by atoms with E-state index in [0.717, 1.165) is 5.56 Å². The van der Waals surface area contributed by atoms with Crippen LogP contribution in [0.3, 0.4) is 0 Å². The maximum absolute atomic E-state index is 8.96. The monoisotopic (exact) mass is 217 g/mol. The van der Waals surface area contributed by atoms with Gasteiger partial charge in [-0.25, -0.2) is 0 Å². The quantitative estimate of drug-likeness (QED) is 0.681. The van der Waals surface area contributed by atoms with Crippen LogP contribution in [-0.2, 0) is 6.42 Å². The highest BCUT2D eigenvalue weighted by Gasteiger charge is 2.22. The van der Waals surface area contributed by atoms with Gasteiger partial charge in [0.25, 0.3) is 0 Å². The molecule has 4 N–H and O–H groups in total. The minimum Gasteiger partial charge on any atom is -0.394 e. The number of halogens is 1. The molecule has 0 fully saturated rings. The van der Waals surface area contributed by atoms with E-state index >= 15 is 0 Å². The van der Waals surface area contributed by atoms with Crippen molar-refractivity contribution in [3.8, 4) is 0 Å². The molecular weight excluding hydrogens is 202 g/mol. The Morgan fingerprint density at radius 2 is 1.57 bits per heavy atom. The first-order chi connectivity index (χ1) is 6.20. The minimum absolute atomic E-state index is 0. The number of benzene rings is 1. The summed E-state index contributed by atoms with van der Waals surface area (Å²) in [6.07, 6.45) is 0.487. The highest BCUT2D eigenvalue weighted by atomic mass is 35.5. The lowest BCUT2D eigenvalue weighted by molar-refractivity contribution is 0.121. The standard InChI is InChI=1S/C10H15NO2.ClH/c11-10(7-12,8-13)6-9-4-2-1-3-5-9;/h1-5,12-13H,6-8,11H2;1H. The van der Waals surface area contributed by atoms with Gasteiger partial charge in [0.05, 0.1) is 18.8 Å². The molecule has 1 aromatic rings. The highest BCUT2D eigenvalue weighted by Crippen LogP contribution is 2.09. The van der Waals surface area contributed by atoms with E-state index in [9.17, 15) is 0 Å². The maximum atomic E-state index is 8.96. The van der Waals surface area contributed by atoms with Gasteiger partial charge in [-0.1, -0.05) is 30.3 Å². The Labute approximate surface area is 90.0 Å². The Kier molecular flexibility index (Phi) is 5.72. The van der Waals surface area contributed by atoms with Gasteiger partial charge in [0, 0.05) is 0 Å². The molecule has 0 heterocycles. The summed E-state index contributed by atoms with van der Waals surface area (Å²) in [5.74, 6) is 0. The minimum atomic E-state index is -0.901. The fraction of sp³-hybridized carbons (Fsp3) is 0.400. The topological polar surface area (TPSA) is 66.5 Å². The van der Waals surface area contributed by atoms with E-state index in [0.29, 0.717) is 6.42 Å². The Morgan fingerprint density at radius 1 is 1.07 bits per heavy atom. The molecule has 14 heavy (non-hydrogen) atoms. The molecule has 0 aliphatic rings. The van der Waals surface area contributed by atoms with Gasteiger partial charge in [-0.2, -0.15) is 0 Å². The third-order valence-electron chi connectivity index (χ3n) is 2.03. The third-order valence-corrected chi connectivity index (χ3v) is 2.03. The molecule has 0 bridgehead atoms. The van der Waals surface area contributed by atoms with Crippen molar-refractivity contribution < 1.29 is 10.2 Å². The summed E-state index contributed by atoms with van der Waals surface area (Å²) in [7, 11) is 0. The normalized spacial score (nSPS) is 10.8. The van der Waals surface area contributed by atoms with Crippen molar-refractivity contribution in [1.82, 2.24) is 0 Å². The first-order valence-electron chi connectivity index (χ1n) is 4.25. The number of rotatable bonds is 4. The van der Waals surface area contributed by atoms with Gasteiger partial charge in [0.15, 0.2) is 0 Å². The Hall–Kier alpha value is -0.610. The van der Waals surface area contributed by atoms with Crippen molar-refractivity contribution in [2.45, 2.75) is 12.0 Å². The van der Waals surface area contributed by atoms with E-state index in [1.165, 1.54) is 0 Å². The second-order valence-electron chi connectivity index (χ2n) is 3.34. The molecule has 0 aliphatic heterocycles. The van der Waals surface area contributed by atoms with Crippen molar-refractivity contribution in [3.63, 3.8) is 0 Å². The van der Waals surface area contributed by atoms with Crippen LogP contribution in [-0.4, -0.2) is 29.0 Å². The summed E-state index contributed by atoms with van der Waals surface area (Å²) in [5.41, 5.74) is 5.85. The molecule has 1 rings (SSSR count). The van der Waals surface area contributed by atoms with Gasteiger partial charge < -0.3 is 15.9 Å². The fourth-order valence-corrected chi connectivity index (χ4v) is 1.16. The van der Waals surface area contributed by atoms with E-state index in [1.807, 2.05) is 30.3 Å². The Balaban J connectivity index is 0.00000169. The summed E-state index contributed by atoms with van der Waals surface area (Å²) in [6, 6.07) is 9.58. The SMILES string of the molecule is Cl.NC(CO)(CO)Cc1ccccc1. The zero-order chi connectivity index (χ0) is 9.73. The van der Waals surface area contributed by atoms with Crippen LogP contribution in [0, 0.1) is 0 Å². The molecule has 0 radical (unpaired) electrons. The number of hydrogen-bond acceptors (Lipinski definition) is 3. The molecule has 0 unspecified atom stereocenters. The first kappa shape index (κ1) is 13.4. The van der Waals surface area contributed by atoms with Crippen molar-refractivity contribution >= 4 is 12.4 Å². The molecular formula is C10H16ClNO2. The van der Waals surface area contributed by atoms with E-state index in [2.05, 4.69) is 0 Å². The summed E-state index contributed by atoms with van der Waals surface area (Å²) >= 11 is 0. The van der Waals surface area contributed by atoms with Crippen LogP contribution in [0.15, 0.2) is 30.3 Å². The largest absolute Gasteiger partial charge is 0.394 e. The summed E-state index contributed by atoms with van der Waals surface area (Å²) < 4.78 is 0. The van der Waals surface area contributed by atoms with Crippen molar-refractivity contribution in [1.29, 1.82) is 0 Å². The summed E-state index contributed by atoms with van der Waals surface area (Å²) in [4.78, 5) is 0. The molecule has 0 amide bonds. The third kappa shape index (κ3) is 3.64. The van der Waals surface area contributed by atoms with Crippen molar-refractivity contribution in [2.24, 2.45) is 5.73 Å². The molecule has 1 aromatic carbocycles. The summed E-state index contributed by atoms with van der Waals surface area (Å²) in [5, 5.41) is 17.9. The molecule has 0 saturated carbocycles. The van der Waals surface area contributed by atoms with E-state index in [4.69, 9.17) is 15.9 Å². The lowest BCUT2D eigenvalue weighted by Crippen LogP contribution is -2.49. The van der Waals surface area contributed by atoms with E-state index < -0.39 is 5.54 Å².